The number of carbonyl (C=O) groups is 3. The lowest BCUT2D eigenvalue weighted by Crippen LogP contribution is -2.75. The molecule has 10 heteroatoms. The Morgan fingerprint density at radius 3 is 2.36 bits per heavy atom. The number of carbonyl (C=O) groups excluding carboxylic acids is 3. The number of piperidine rings is 1. The Bertz CT molecular complexity index is 1350. The van der Waals surface area contributed by atoms with Crippen LogP contribution in [0.4, 0.5) is 0 Å². The summed E-state index contributed by atoms with van der Waals surface area (Å²) < 4.78 is 11.5. The number of hydrogen-bond donors (Lipinski definition) is 2. The Hall–Kier alpha value is -3.63. The number of likely N-dealkylation sites (tertiary alicyclic amines) is 1. The molecule has 1 aliphatic carbocycles. The van der Waals surface area contributed by atoms with E-state index < -0.39 is 17.7 Å². The molecule has 1 saturated carbocycles. The number of hydrogen-bond acceptors (Lipinski definition) is 7. The van der Waals surface area contributed by atoms with Crippen LogP contribution in [-0.2, 0) is 16.1 Å². The largest absolute Gasteiger partial charge is 0.493 e. The molecule has 3 aliphatic rings. The smallest absolute Gasteiger partial charge is 0.253 e. The molecule has 2 N–H and O–H groups in total. The van der Waals surface area contributed by atoms with Gasteiger partial charge in [0.1, 0.15) is 17.3 Å². The minimum absolute atomic E-state index is 0.0606. The van der Waals surface area contributed by atoms with Crippen LogP contribution in [0.3, 0.4) is 0 Å². The molecule has 2 saturated heterocycles. The highest BCUT2D eigenvalue weighted by Gasteiger charge is 2.55. The SMILES string of the molecule is CCCN1C(=O)[C@@H](C(O)C2CCCCC2)NC(=O)C12CCN(Cc1ccc(Oc3ccc(C(=O)N(C)C)cc3OC)cc1)CC2. The van der Waals surface area contributed by atoms with Crippen molar-refractivity contribution in [3.8, 4) is 17.2 Å². The second-order valence-electron chi connectivity index (χ2n) is 12.9. The highest BCUT2D eigenvalue weighted by molar-refractivity contribution is 6.00. The summed E-state index contributed by atoms with van der Waals surface area (Å²) in [6, 6.07) is 12.1. The van der Waals surface area contributed by atoms with Gasteiger partial charge in [-0.15, -0.1) is 0 Å². The first-order valence-corrected chi connectivity index (χ1v) is 16.4. The molecule has 2 aliphatic heterocycles. The van der Waals surface area contributed by atoms with E-state index in [9.17, 15) is 19.5 Å². The molecule has 2 atom stereocenters. The fourth-order valence-corrected chi connectivity index (χ4v) is 7.14. The van der Waals surface area contributed by atoms with E-state index in [2.05, 4.69) is 10.2 Å². The predicted octanol–water partition coefficient (Wildman–Crippen LogP) is 4.20. The fourth-order valence-electron chi connectivity index (χ4n) is 7.14. The molecule has 3 fully saturated rings. The van der Waals surface area contributed by atoms with Gasteiger partial charge in [0.25, 0.3) is 5.91 Å². The first-order chi connectivity index (χ1) is 21.7. The Kier molecular flexibility index (Phi) is 10.3. The first-order valence-electron chi connectivity index (χ1n) is 16.4. The van der Waals surface area contributed by atoms with Gasteiger partial charge < -0.3 is 29.7 Å². The minimum atomic E-state index is -0.865. The molecule has 244 valence electrons. The van der Waals surface area contributed by atoms with E-state index in [1.165, 1.54) is 11.3 Å². The van der Waals surface area contributed by atoms with Crippen molar-refractivity contribution in [1.29, 1.82) is 0 Å². The van der Waals surface area contributed by atoms with Crippen LogP contribution in [0.5, 0.6) is 17.2 Å². The van der Waals surface area contributed by atoms with Crippen LogP contribution < -0.4 is 14.8 Å². The van der Waals surface area contributed by atoms with E-state index in [4.69, 9.17) is 9.47 Å². The summed E-state index contributed by atoms with van der Waals surface area (Å²) in [5.74, 6) is 1.35. The zero-order valence-electron chi connectivity index (χ0n) is 27.1. The zero-order chi connectivity index (χ0) is 32.1. The average Bonchev–Trinajstić information content (AvgIpc) is 3.06. The Morgan fingerprint density at radius 1 is 1.04 bits per heavy atom. The summed E-state index contributed by atoms with van der Waals surface area (Å²) in [5.41, 5.74) is 0.769. The molecule has 5 rings (SSSR count). The number of amides is 3. The molecule has 3 amide bonds. The molecule has 0 radical (unpaired) electrons. The van der Waals surface area contributed by atoms with Crippen molar-refractivity contribution in [2.24, 2.45) is 5.92 Å². The van der Waals surface area contributed by atoms with Crippen molar-refractivity contribution in [2.45, 2.75) is 82.5 Å². The quantitative estimate of drug-likeness (QED) is 0.410. The van der Waals surface area contributed by atoms with Crippen molar-refractivity contribution >= 4 is 17.7 Å². The standard InChI is InChI=1S/C35H48N4O6/c1-5-19-39-33(42)30(31(40)25-9-7-6-8-10-25)36-34(43)35(39)17-20-38(21-18-35)23-24-11-14-27(15-12-24)45-28-16-13-26(22-29(28)44-4)32(41)37(2)3/h11-16,22,25,30-31,40H,5-10,17-21,23H2,1-4H3,(H,36,43)/t30-,31?/m1/s1. The monoisotopic (exact) mass is 620 g/mol. The van der Waals surface area contributed by atoms with E-state index in [0.717, 1.165) is 37.7 Å². The molecule has 45 heavy (non-hydrogen) atoms. The minimum Gasteiger partial charge on any atom is -0.493 e. The summed E-state index contributed by atoms with van der Waals surface area (Å²) in [4.78, 5) is 45.4. The van der Waals surface area contributed by atoms with Crippen molar-refractivity contribution in [3.63, 3.8) is 0 Å². The number of nitrogens with zero attached hydrogens (tertiary/aromatic N) is 3. The maximum absolute atomic E-state index is 13.8. The lowest BCUT2D eigenvalue weighted by atomic mass is 9.78. The van der Waals surface area contributed by atoms with Crippen molar-refractivity contribution in [3.05, 3.63) is 53.6 Å². The molecule has 0 aromatic heterocycles. The van der Waals surface area contributed by atoms with Crippen LogP contribution in [0.2, 0.25) is 0 Å². The number of rotatable bonds is 10. The summed E-state index contributed by atoms with van der Waals surface area (Å²) in [5, 5.41) is 14.1. The lowest BCUT2D eigenvalue weighted by molar-refractivity contribution is -0.165. The molecular formula is C35H48N4O6. The van der Waals surface area contributed by atoms with Gasteiger partial charge in [0.05, 0.1) is 13.2 Å². The molecule has 1 unspecified atom stereocenters. The molecule has 2 aromatic carbocycles. The fraction of sp³-hybridized carbons (Fsp3) is 0.571. The maximum Gasteiger partial charge on any atom is 0.253 e. The number of piperazine rings is 1. The van der Waals surface area contributed by atoms with E-state index in [-0.39, 0.29) is 23.6 Å². The number of methoxy groups -OCH3 is 1. The number of nitrogens with one attached hydrogen (secondary N) is 1. The van der Waals surface area contributed by atoms with Gasteiger partial charge in [-0.25, -0.2) is 0 Å². The number of benzene rings is 2. The van der Waals surface area contributed by atoms with Crippen LogP contribution in [0.25, 0.3) is 0 Å². The zero-order valence-corrected chi connectivity index (χ0v) is 27.1. The summed E-state index contributed by atoms with van der Waals surface area (Å²) in [6.45, 7) is 4.63. The molecule has 1 spiro atoms. The second-order valence-corrected chi connectivity index (χ2v) is 12.9. The molecular weight excluding hydrogens is 572 g/mol. The van der Waals surface area contributed by atoms with Gasteiger partial charge in [-0.3, -0.25) is 19.3 Å². The molecule has 2 aromatic rings. The maximum atomic E-state index is 13.8. The van der Waals surface area contributed by atoms with Crippen molar-refractivity contribution < 1.29 is 29.0 Å². The summed E-state index contributed by atoms with van der Waals surface area (Å²) in [6.07, 6.45) is 6.15. The second kappa shape index (κ2) is 14.2. The van der Waals surface area contributed by atoms with Crippen LogP contribution >= 0.6 is 0 Å². The van der Waals surface area contributed by atoms with Crippen LogP contribution in [0, 0.1) is 5.92 Å². The van der Waals surface area contributed by atoms with Gasteiger partial charge in [0.15, 0.2) is 11.5 Å². The average molecular weight is 621 g/mol. The topological polar surface area (TPSA) is 112 Å². The van der Waals surface area contributed by atoms with Crippen molar-refractivity contribution in [1.82, 2.24) is 20.0 Å². The van der Waals surface area contributed by atoms with Crippen molar-refractivity contribution in [2.75, 3.05) is 40.8 Å². The Morgan fingerprint density at radius 2 is 1.73 bits per heavy atom. The lowest BCUT2D eigenvalue weighted by Gasteiger charge is -2.52. The molecule has 10 nitrogen and oxygen atoms in total. The summed E-state index contributed by atoms with van der Waals surface area (Å²) >= 11 is 0. The van der Waals surface area contributed by atoms with Crippen LogP contribution in [-0.4, -0.2) is 96.1 Å². The van der Waals surface area contributed by atoms with Gasteiger partial charge in [-0.05, 0) is 73.9 Å². The van der Waals surface area contributed by atoms with Gasteiger partial charge in [-0.1, -0.05) is 38.3 Å². The first kappa shape index (κ1) is 32.8. The Labute approximate surface area is 266 Å². The van der Waals surface area contributed by atoms with E-state index in [1.54, 1.807) is 44.3 Å². The predicted molar refractivity (Wildman–Crippen MR) is 171 cm³/mol. The Balaban J connectivity index is 1.20. The van der Waals surface area contributed by atoms with Gasteiger partial charge in [0, 0.05) is 45.8 Å². The molecule has 2 heterocycles. The normalized spacial score (nSPS) is 21.4. The highest BCUT2D eigenvalue weighted by atomic mass is 16.5. The van der Waals surface area contributed by atoms with Crippen LogP contribution in [0.15, 0.2) is 42.5 Å². The number of aliphatic hydroxyl groups is 1. The number of aliphatic hydroxyl groups excluding tert-OH is 1. The van der Waals surface area contributed by atoms with E-state index in [1.807, 2.05) is 31.2 Å². The van der Waals surface area contributed by atoms with Gasteiger partial charge in [0.2, 0.25) is 11.8 Å². The number of ether oxygens (including phenoxy) is 2. The third-order valence-corrected chi connectivity index (χ3v) is 9.74. The van der Waals surface area contributed by atoms with E-state index >= 15 is 0 Å². The van der Waals surface area contributed by atoms with E-state index in [0.29, 0.717) is 61.8 Å². The third kappa shape index (κ3) is 6.97. The highest BCUT2D eigenvalue weighted by Crippen LogP contribution is 2.37. The third-order valence-electron chi connectivity index (χ3n) is 9.74. The molecule has 0 bridgehead atoms. The summed E-state index contributed by atoms with van der Waals surface area (Å²) in [7, 11) is 4.96. The van der Waals surface area contributed by atoms with Gasteiger partial charge in [-0.2, -0.15) is 0 Å². The van der Waals surface area contributed by atoms with Crippen LogP contribution in [0.1, 0.15) is 74.2 Å². The van der Waals surface area contributed by atoms with Gasteiger partial charge >= 0.3 is 0 Å².